The minimum absolute atomic E-state index is 0.0305. The summed E-state index contributed by atoms with van der Waals surface area (Å²) >= 11 is 5.87. The van der Waals surface area contributed by atoms with Gasteiger partial charge in [0.2, 0.25) is 0 Å². The van der Waals surface area contributed by atoms with E-state index in [2.05, 4.69) is 33.1 Å². The van der Waals surface area contributed by atoms with Crippen LogP contribution < -0.4 is 10.6 Å². The molecule has 28 heavy (non-hydrogen) atoms. The van der Waals surface area contributed by atoms with E-state index in [1.54, 1.807) is 24.3 Å². The van der Waals surface area contributed by atoms with Crippen molar-refractivity contribution >= 4 is 23.2 Å². The summed E-state index contributed by atoms with van der Waals surface area (Å²) in [6, 6.07) is 15.1. The first-order valence-electron chi connectivity index (χ1n) is 9.27. The van der Waals surface area contributed by atoms with Gasteiger partial charge in [0.1, 0.15) is 0 Å². The van der Waals surface area contributed by atoms with Crippen molar-refractivity contribution < 1.29 is 4.79 Å². The van der Waals surface area contributed by atoms with Crippen molar-refractivity contribution in [2.75, 3.05) is 5.32 Å². The van der Waals surface area contributed by atoms with Crippen molar-refractivity contribution in [3.63, 3.8) is 0 Å². The van der Waals surface area contributed by atoms with Gasteiger partial charge >= 0.3 is 0 Å². The summed E-state index contributed by atoms with van der Waals surface area (Å²) in [5.41, 5.74) is 2.37. The molecule has 1 amide bonds. The maximum absolute atomic E-state index is 12.4. The van der Waals surface area contributed by atoms with E-state index in [0.717, 1.165) is 29.9 Å². The third-order valence-corrected chi connectivity index (χ3v) is 4.95. The summed E-state index contributed by atoms with van der Waals surface area (Å²) in [6.07, 6.45) is 2.28. The summed E-state index contributed by atoms with van der Waals surface area (Å²) in [5.74, 6) is 0.688. The Labute approximate surface area is 168 Å². The summed E-state index contributed by atoms with van der Waals surface area (Å²) in [6.45, 7) is 2.69. The monoisotopic (exact) mass is 396 g/mol. The van der Waals surface area contributed by atoms with Gasteiger partial charge in [0.05, 0.1) is 12.1 Å². The standard InChI is InChI=1S/C20H21ClN6O/c1-13(19-24-25-26-27(19)18-9-10-18)22-12-14-3-2-4-17(11-14)23-20(28)15-5-7-16(21)8-6-15/h2-8,11,13,18,22H,9-10,12H2,1H3,(H,23,28)/t13-/m0/s1. The molecule has 2 aromatic carbocycles. The van der Waals surface area contributed by atoms with Gasteiger partial charge in [-0.25, -0.2) is 4.68 Å². The number of rotatable bonds is 7. The van der Waals surface area contributed by atoms with E-state index in [9.17, 15) is 4.79 Å². The van der Waals surface area contributed by atoms with Crippen molar-refractivity contribution in [3.8, 4) is 0 Å². The minimum atomic E-state index is -0.168. The molecular weight excluding hydrogens is 376 g/mol. The second-order valence-corrected chi connectivity index (χ2v) is 7.41. The Morgan fingerprint density at radius 1 is 1.25 bits per heavy atom. The molecule has 2 N–H and O–H groups in total. The molecule has 7 nitrogen and oxygen atoms in total. The maximum atomic E-state index is 12.4. The Bertz CT molecular complexity index is 967. The summed E-state index contributed by atoms with van der Waals surface area (Å²) in [5, 5.41) is 19.0. The predicted molar refractivity (Wildman–Crippen MR) is 107 cm³/mol. The molecule has 0 unspecified atom stereocenters. The van der Waals surface area contributed by atoms with Crippen LogP contribution in [0.3, 0.4) is 0 Å². The van der Waals surface area contributed by atoms with Crippen LogP contribution >= 0.6 is 11.6 Å². The van der Waals surface area contributed by atoms with Crippen LogP contribution in [0.5, 0.6) is 0 Å². The molecule has 0 saturated heterocycles. The highest BCUT2D eigenvalue weighted by atomic mass is 35.5. The molecule has 1 aromatic heterocycles. The van der Waals surface area contributed by atoms with Crippen LogP contribution in [0.4, 0.5) is 5.69 Å². The largest absolute Gasteiger partial charge is 0.322 e. The van der Waals surface area contributed by atoms with E-state index in [-0.39, 0.29) is 11.9 Å². The lowest BCUT2D eigenvalue weighted by atomic mass is 10.1. The molecule has 3 aromatic rings. The third-order valence-electron chi connectivity index (χ3n) is 4.70. The normalized spacial score (nSPS) is 14.6. The Morgan fingerprint density at radius 3 is 2.79 bits per heavy atom. The molecule has 1 aliphatic carbocycles. The molecule has 0 bridgehead atoms. The topological polar surface area (TPSA) is 84.7 Å². The predicted octanol–water partition coefficient (Wildman–Crippen LogP) is 3.76. The zero-order valence-corrected chi connectivity index (χ0v) is 16.2. The smallest absolute Gasteiger partial charge is 0.255 e. The van der Waals surface area contributed by atoms with Crippen molar-refractivity contribution in [3.05, 3.63) is 70.5 Å². The molecule has 0 radical (unpaired) electrons. The molecule has 1 aliphatic rings. The molecule has 144 valence electrons. The fraction of sp³-hybridized carbons (Fsp3) is 0.300. The lowest BCUT2D eigenvalue weighted by Crippen LogP contribution is -2.22. The average molecular weight is 397 g/mol. The number of tetrazole rings is 1. The fourth-order valence-electron chi connectivity index (χ4n) is 2.99. The first-order chi connectivity index (χ1) is 13.6. The summed E-state index contributed by atoms with van der Waals surface area (Å²) in [7, 11) is 0. The van der Waals surface area contributed by atoms with Gasteiger partial charge in [-0.15, -0.1) is 5.10 Å². The van der Waals surface area contributed by atoms with Crippen LogP contribution in [0.1, 0.15) is 53.6 Å². The SMILES string of the molecule is C[C@H](NCc1cccc(NC(=O)c2ccc(Cl)cc2)c1)c1nnnn1C1CC1. The van der Waals surface area contributed by atoms with Gasteiger partial charge in [0, 0.05) is 22.8 Å². The van der Waals surface area contributed by atoms with Crippen LogP contribution in [0.2, 0.25) is 5.02 Å². The van der Waals surface area contributed by atoms with E-state index in [1.807, 2.05) is 28.9 Å². The zero-order valence-electron chi connectivity index (χ0n) is 15.5. The number of benzene rings is 2. The van der Waals surface area contributed by atoms with Gasteiger partial charge < -0.3 is 10.6 Å². The minimum Gasteiger partial charge on any atom is -0.322 e. The van der Waals surface area contributed by atoms with Gasteiger partial charge in [-0.3, -0.25) is 4.79 Å². The van der Waals surface area contributed by atoms with E-state index in [0.29, 0.717) is 23.2 Å². The Balaban J connectivity index is 1.37. The number of carbonyl (C=O) groups is 1. The Kier molecular flexibility index (Phi) is 5.36. The molecule has 0 spiro atoms. The lowest BCUT2D eigenvalue weighted by molar-refractivity contribution is 0.102. The highest BCUT2D eigenvalue weighted by Gasteiger charge is 2.29. The number of hydrogen-bond acceptors (Lipinski definition) is 5. The van der Waals surface area contributed by atoms with Crippen LogP contribution in [0, 0.1) is 0 Å². The number of carbonyl (C=O) groups excluding carboxylic acids is 1. The molecule has 4 rings (SSSR count). The van der Waals surface area contributed by atoms with Crippen LogP contribution in [0.15, 0.2) is 48.5 Å². The quantitative estimate of drug-likeness (QED) is 0.635. The second kappa shape index (κ2) is 8.08. The van der Waals surface area contributed by atoms with Crippen molar-refractivity contribution in [1.29, 1.82) is 0 Å². The van der Waals surface area contributed by atoms with Gasteiger partial charge in [0.25, 0.3) is 5.91 Å². The number of halogens is 1. The van der Waals surface area contributed by atoms with Crippen molar-refractivity contribution in [1.82, 2.24) is 25.5 Å². The van der Waals surface area contributed by atoms with Gasteiger partial charge in [-0.2, -0.15) is 0 Å². The maximum Gasteiger partial charge on any atom is 0.255 e. The number of anilines is 1. The van der Waals surface area contributed by atoms with Gasteiger partial charge in [-0.1, -0.05) is 23.7 Å². The molecule has 8 heteroatoms. The van der Waals surface area contributed by atoms with E-state index < -0.39 is 0 Å². The molecule has 1 atom stereocenters. The average Bonchev–Trinajstić information content (AvgIpc) is 3.43. The number of nitrogens with zero attached hydrogens (tertiary/aromatic N) is 4. The van der Waals surface area contributed by atoms with Crippen molar-refractivity contribution in [2.45, 2.75) is 38.4 Å². The Hall–Kier alpha value is -2.77. The van der Waals surface area contributed by atoms with E-state index >= 15 is 0 Å². The second-order valence-electron chi connectivity index (χ2n) is 6.98. The molecular formula is C20H21ClN6O. The Morgan fingerprint density at radius 2 is 2.04 bits per heavy atom. The number of hydrogen-bond donors (Lipinski definition) is 2. The molecule has 1 saturated carbocycles. The number of nitrogens with one attached hydrogen (secondary N) is 2. The van der Waals surface area contributed by atoms with Crippen LogP contribution in [-0.4, -0.2) is 26.1 Å². The lowest BCUT2D eigenvalue weighted by Gasteiger charge is -2.14. The zero-order chi connectivity index (χ0) is 19.5. The molecule has 1 fully saturated rings. The van der Waals surface area contributed by atoms with Gasteiger partial charge in [-0.05, 0) is 72.2 Å². The van der Waals surface area contributed by atoms with Crippen LogP contribution in [-0.2, 0) is 6.54 Å². The first-order valence-corrected chi connectivity index (χ1v) is 9.65. The first kappa shape index (κ1) is 18.6. The highest BCUT2D eigenvalue weighted by molar-refractivity contribution is 6.30. The highest BCUT2D eigenvalue weighted by Crippen LogP contribution is 2.35. The van der Waals surface area contributed by atoms with E-state index in [4.69, 9.17) is 11.6 Å². The van der Waals surface area contributed by atoms with Crippen molar-refractivity contribution in [2.24, 2.45) is 0 Å². The molecule has 0 aliphatic heterocycles. The number of amides is 1. The van der Waals surface area contributed by atoms with Crippen LogP contribution in [0.25, 0.3) is 0 Å². The van der Waals surface area contributed by atoms with E-state index in [1.165, 1.54) is 0 Å². The molecule has 1 heterocycles. The summed E-state index contributed by atoms with van der Waals surface area (Å²) in [4.78, 5) is 12.4. The number of aromatic nitrogens is 4. The summed E-state index contributed by atoms with van der Waals surface area (Å²) < 4.78 is 1.92. The van der Waals surface area contributed by atoms with Gasteiger partial charge in [0.15, 0.2) is 5.82 Å². The fourth-order valence-corrected chi connectivity index (χ4v) is 3.12. The third kappa shape index (κ3) is 4.37.